The van der Waals surface area contributed by atoms with Crippen molar-refractivity contribution in [3.8, 4) is 0 Å². The Morgan fingerprint density at radius 2 is 1.97 bits per heavy atom. The molecule has 34 heavy (non-hydrogen) atoms. The number of hydrogen-bond acceptors (Lipinski definition) is 7. The summed E-state index contributed by atoms with van der Waals surface area (Å²) in [4.78, 5) is 18.1. The highest BCUT2D eigenvalue weighted by Gasteiger charge is 2.31. The van der Waals surface area contributed by atoms with Gasteiger partial charge in [-0.15, -0.1) is 0 Å². The standard InChI is InChI=1S/C24H33F3N6O/c1-4-6-19-15-33(13-16(2)34-19)23-29-20(17-7-5-10-32(3)14-17)12-22(31-23)30-21-11-18(8-9-28-21)24(25,26)27/h8-9,11-12,16-17,19H,4-7,10,13-15H2,1-3H3,(H,28,29,30,31). The zero-order chi connectivity index (χ0) is 24.3. The highest BCUT2D eigenvalue weighted by Crippen LogP contribution is 2.32. The van der Waals surface area contributed by atoms with Crippen LogP contribution in [0.5, 0.6) is 0 Å². The Bertz CT molecular complexity index is 972. The SMILES string of the molecule is CCCC1CN(c2nc(Nc3cc(C(F)(F)F)ccn3)cc(C3CCCN(C)C3)n2)CC(C)O1. The minimum atomic E-state index is -4.44. The fourth-order valence-electron chi connectivity index (χ4n) is 4.77. The van der Waals surface area contributed by atoms with E-state index in [1.807, 2.05) is 13.0 Å². The van der Waals surface area contributed by atoms with E-state index >= 15 is 0 Å². The van der Waals surface area contributed by atoms with Gasteiger partial charge in [0.05, 0.1) is 23.5 Å². The van der Waals surface area contributed by atoms with Crippen molar-refractivity contribution in [3.63, 3.8) is 0 Å². The molecule has 4 rings (SSSR count). The largest absolute Gasteiger partial charge is 0.416 e. The fraction of sp³-hybridized carbons (Fsp3) is 0.625. The van der Waals surface area contributed by atoms with Crippen molar-refractivity contribution in [3.05, 3.63) is 35.7 Å². The number of piperidine rings is 1. The Hall–Kier alpha value is -2.46. The van der Waals surface area contributed by atoms with Gasteiger partial charge in [-0.2, -0.15) is 18.2 Å². The minimum Gasteiger partial charge on any atom is -0.372 e. The van der Waals surface area contributed by atoms with Crippen LogP contribution in [0, 0.1) is 0 Å². The van der Waals surface area contributed by atoms with Crippen molar-refractivity contribution in [2.75, 3.05) is 43.4 Å². The molecule has 0 spiro atoms. The number of likely N-dealkylation sites (tertiary alicyclic amines) is 1. The van der Waals surface area contributed by atoms with E-state index in [1.54, 1.807) is 0 Å². The molecule has 2 saturated heterocycles. The molecule has 10 heteroatoms. The average molecular weight is 479 g/mol. The van der Waals surface area contributed by atoms with Crippen LogP contribution in [0.4, 0.5) is 30.8 Å². The summed E-state index contributed by atoms with van der Waals surface area (Å²) in [6, 6.07) is 3.81. The second-order valence-corrected chi connectivity index (χ2v) is 9.39. The molecule has 0 amide bonds. The normalized spacial score (nSPS) is 24.3. The Morgan fingerprint density at radius 3 is 2.71 bits per heavy atom. The molecule has 0 aliphatic carbocycles. The van der Waals surface area contributed by atoms with Gasteiger partial charge in [0.25, 0.3) is 0 Å². The van der Waals surface area contributed by atoms with E-state index < -0.39 is 11.7 Å². The molecule has 7 nitrogen and oxygen atoms in total. The maximum atomic E-state index is 13.2. The first-order valence-electron chi connectivity index (χ1n) is 12.0. The van der Waals surface area contributed by atoms with Gasteiger partial charge >= 0.3 is 6.18 Å². The average Bonchev–Trinajstić information content (AvgIpc) is 2.78. The molecule has 3 unspecified atom stereocenters. The highest BCUT2D eigenvalue weighted by molar-refractivity contribution is 5.55. The van der Waals surface area contributed by atoms with Crippen LogP contribution in [0.3, 0.4) is 0 Å². The third kappa shape index (κ3) is 6.15. The monoisotopic (exact) mass is 478 g/mol. The summed E-state index contributed by atoms with van der Waals surface area (Å²) in [6.07, 6.45) is 0.923. The molecule has 2 aromatic rings. The topological polar surface area (TPSA) is 66.4 Å². The molecule has 2 fully saturated rings. The van der Waals surface area contributed by atoms with E-state index in [0.717, 1.165) is 62.8 Å². The second-order valence-electron chi connectivity index (χ2n) is 9.39. The number of nitrogens with zero attached hydrogens (tertiary/aromatic N) is 5. The van der Waals surface area contributed by atoms with Crippen LogP contribution < -0.4 is 10.2 Å². The lowest BCUT2D eigenvalue weighted by Gasteiger charge is -2.37. The fourth-order valence-corrected chi connectivity index (χ4v) is 4.77. The van der Waals surface area contributed by atoms with Gasteiger partial charge in [-0.25, -0.2) is 9.97 Å². The van der Waals surface area contributed by atoms with Crippen LogP contribution >= 0.6 is 0 Å². The van der Waals surface area contributed by atoms with Gasteiger partial charge in [0.15, 0.2) is 0 Å². The molecule has 2 aliphatic heterocycles. The van der Waals surface area contributed by atoms with Crippen molar-refractivity contribution in [1.29, 1.82) is 0 Å². The predicted molar refractivity (Wildman–Crippen MR) is 125 cm³/mol. The van der Waals surface area contributed by atoms with Gasteiger partial charge in [-0.1, -0.05) is 13.3 Å². The highest BCUT2D eigenvalue weighted by atomic mass is 19.4. The lowest BCUT2D eigenvalue weighted by Crippen LogP contribution is -2.47. The first-order chi connectivity index (χ1) is 16.2. The van der Waals surface area contributed by atoms with E-state index in [-0.39, 0.29) is 23.9 Å². The van der Waals surface area contributed by atoms with Crippen LogP contribution in [-0.4, -0.2) is 65.3 Å². The van der Waals surface area contributed by atoms with Crippen LogP contribution in [0.1, 0.15) is 56.7 Å². The van der Waals surface area contributed by atoms with Gasteiger partial charge < -0.3 is 19.9 Å². The van der Waals surface area contributed by atoms with Crippen LogP contribution in [0.2, 0.25) is 0 Å². The number of likely N-dealkylation sites (N-methyl/N-ethyl adjacent to an activating group) is 1. The van der Waals surface area contributed by atoms with Crippen LogP contribution in [0.15, 0.2) is 24.4 Å². The number of hydrogen-bond donors (Lipinski definition) is 1. The second kappa shape index (κ2) is 10.4. The van der Waals surface area contributed by atoms with Crippen LogP contribution in [-0.2, 0) is 10.9 Å². The molecule has 0 saturated carbocycles. The van der Waals surface area contributed by atoms with Crippen molar-refractivity contribution in [2.24, 2.45) is 0 Å². The van der Waals surface area contributed by atoms with E-state index in [1.165, 1.54) is 0 Å². The predicted octanol–water partition coefficient (Wildman–Crippen LogP) is 4.84. The number of nitrogens with one attached hydrogen (secondary N) is 1. The Kier molecular flexibility index (Phi) is 7.57. The number of pyridine rings is 1. The van der Waals surface area contributed by atoms with Crippen molar-refractivity contribution in [1.82, 2.24) is 19.9 Å². The number of anilines is 3. The summed E-state index contributed by atoms with van der Waals surface area (Å²) in [5.41, 5.74) is 0.148. The minimum absolute atomic E-state index is 0.0416. The Morgan fingerprint density at radius 1 is 1.15 bits per heavy atom. The van der Waals surface area contributed by atoms with Crippen molar-refractivity contribution >= 4 is 17.6 Å². The number of halogens is 3. The van der Waals surface area contributed by atoms with E-state index in [4.69, 9.17) is 14.7 Å². The van der Waals surface area contributed by atoms with Gasteiger partial charge in [0, 0.05) is 37.8 Å². The van der Waals surface area contributed by atoms with Crippen molar-refractivity contribution in [2.45, 2.75) is 63.8 Å². The maximum Gasteiger partial charge on any atom is 0.416 e. The smallest absolute Gasteiger partial charge is 0.372 e. The molecule has 4 heterocycles. The zero-order valence-corrected chi connectivity index (χ0v) is 20.0. The number of ether oxygens (including phenoxy) is 1. The maximum absolute atomic E-state index is 13.2. The summed E-state index contributed by atoms with van der Waals surface area (Å²) in [6.45, 7) is 7.46. The molecular formula is C24H33F3N6O. The molecule has 2 aliphatic rings. The van der Waals surface area contributed by atoms with Gasteiger partial charge in [0.2, 0.25) is 5.95 Å². The van der Waals surface area contributed by atoms with E-state index in [2.05, 4.69) is 34.1 Å². The molecule has 0 aromatic carbocycles. The number of alkyl halides is 3. The number of aromatic nitrogens is 3. The van der Waals surface area contributed by atoms with Crippen molar-refractivity contribution < 1.29 is 17.9 Å². The zero-order valence-electron chi connectivity index (χ0n) is 20.0. The lowest BCUT2D eigenvalue weighted by molar-refractivity contribution is -0.137. The van der Waals surface area contributed by atoms with Gasteiger partial charge in [-0.05, 0) is 51.9 Å². The number of morpholine rings is 1. The van der Waals surface area contributed by atoms with E-state index in [0.29, 0.717) is 24.9 Å². The number of rotatable bonds is 6. The van der Waals surface area contributed by atoms with E-state index in [9.17, 15) is 13.2 Å². The molecule has 0 radical (unpaired) electrons. The Balaban J connectivity index is 1.66. The first-order valence-corrected chi connectivity index (χ1v) is 12.0. The molecule has 2 aromatic heterocycles. The summed E-state index contributed by atoms with van der Waals surface area (Å²) >= 11 is 0. The van der Waals surface area contributed by atoms with Gasteiger partial charge in [0.1, 0.15) is 11.6 Å². The lowest BCUT2D eigenvalue weighted by atomic mass is 9.95. The summed E-state index contributed by atoms with van der Waals surface area (Å²) in [5, 5.41) is 3.00. The van der Waals surface area contributed by atoms with Gasteiger partial charge in [-0.3, -0.25) is 0 Å². The quantitative estimate of drug-likeness (QED) is 0.638. The summed E-state index contributed by atoms with van der Waals surface area (Å²) in [5.74, 6) is 1.37. The summed E-state index contributed by atoms with van der Waals surface area (Å²) < 4.78 is 45.6. The third-order valence-corrected chi connectivity index (χ3v) is 6.34. The van der Waals surface area contributed by atoms with Crippen LogP contribution in [0.25, 0.3) is 0 Å². The molecule has 3 atom stereocenters. The first kappa shape index (κ1) is 24.7. The summed E-state index contributed by atoms with van der Waals surface area (Å²) in [7, 11) is 2.10. The Labute approximate surface area is 198 Å². The molecule has 186 valence electrons. The molecule has 1 N–H and O–H groups in total. The molecular weight excluding hydrogens is 445 g/mol. The third-order valence-electron chi connectivity index (χ3n) is 6.34. The molecule has 0 bridgehead atoms.